The van der Waals surface area contributed by atoms with E-state index in [-0.39, 0.29) is 5.95 Å². The molecule has 25 heavy (non-hydrogen) atoms. The number of hydrogen-bond acceptors (Lipinski definition) is 7. The van der Waals surface area contributed by atoms with Gasteiger partial charge in [0.2, 0.25) is 11.9 Å². The third-order valence-corrected chi connectivity index (χ3v) is 5.21. The standard InChI is InChI=1S/C17H24N6S2/c1-4-12-9-7-8-10-13(12)19-16-21-14(20-15(18)22-16)11-25-17(24)23(5-2)6-3/h7-10H,4-6,11H2,1-3H3,(H3,18,19,20,21,22). The monoisotopic (exact) mass is 376 g/mol. The summed E-state index contributed by atoms with van der Waals surface area (Å²) >= 11 is 6.99. The maximum Gasteiger partial charge on any atom is 0.232 e. The lowest BCUT2D eigenvalue weighted by Gasteiger charge is -2.20. The normalized spacial score (nSPS) is 10.5. The number of anilines is 3. The van der Waals surface area contributed by atoms with Crippen LogP contribution < -0.4 is 11.1 Å². The summed E-state index contributed by atoms with van der Waals surface area (Å²) in [6.45, 7) is 8.07. The zero-order chi connectivity index (χ0) is 18.2. The van der Waals surface area contributed by atoms with Gasteiger partial charge in [0.15, 0.2) is 0 Å². The van der Waals surface area contributed by atoms with Crippen LogP contribution in [0.25, 0.3) is 0 Å². The summed E-state index contributed by atoms with van der Waals surface area (Å²) in [6.07, 6.45) is 0.921. The first-order valence-electron chi connectivity index (χ1n) is 8.34. The van der Waals surface area contributed by atoms with Crippen molar-refractivity contribution < 1.29 is 0 Å². The molecule has 0 atom stereocenters. The van der Waals surface area contributed by atoms with Gasteiger partial charge in [0.1, 0.15) is 10.1 Å². The van der Waals surface area contributed by atoms with Gasteiger partial charge in [-0.2, -0.15) is 15.0 Å². The molecule has 134 valence electrons. The molecule has 0 radical (unpaired) electrons. The van der Waals surface area contributed by atoms with Crippen LogP contribution in [0.5, 0.6) is 0 Å². The van der Waals surface area contributed by atoms with Gasteiger partial charge in [0, 0.05) is 18.8 Å². The first kappa shape index (κ1) is 19.4. The number of thioether (sulfide) groups is 1. The van der Waals surface area contributed by atoms with E-state index in [2.05, 4.69) is 52.0 Å². The molecular weight excluding hydrogens is 352 g/mol. The highest BCUT2D eigenvalue weighted by atomic mass is 32.2. The van der Waals surface area contributed by atoms with Gasteiger partial charge >= 0.3 is 0 Å². The van der Waals surface area contributed by atoms with Gasteiger partial charge in [-0.15, -0.1) is 0 Å². The smallest absolute Gasteiger partial charge is 0.232 e. The fourth-order valence-corrected chi connectivity index (χ4v) is 3.59. The van der Waals surface area contributed by atoms with Crippen LogP contribution in [0.1, 0.15) is 32.2 Å². The van der Waals surface area contributed by atoms with Gasteiger partial charge in [-0.25, -0.2) is 0 Å². The van der Waals surface area contributed by atoms with Crippen LogP contribution in [0.3, 0.4) is 0 Å². The molecule has 2 aromatic rings. The van der Waals surface area contributed by atoms with Crippen molar-refractivity contribution in [2.24, 2.45) is 0 Å². The van der Waals surface area contributed by atoms with Crippen molar-refractivity contribution in [1.82, 2.24) is 19.9 Å². The van der Waals surface area contributed by atoms with E-state index in [1.54, 1.807) is 0 Å². The quantitative estimate of drug-likeness (QED) is 0.709. The molecule has 0 amide bonds. The van der Waals surface area contributed by atoms with Gasteiger partial charge in [0.25, 0.3) is 0 Å². The first-order chi connectivity index (χ1) is 12.1. The largest absolute Gasteiger partial charge is 0.368 e. The summed E-state index contributed by atoms with van der Waals surface area (Å²) in [5, 5.41) is 3.24. The van der Waals surface area contributed by atoms with Gasteiger partial charge in [-0.05, 0) is 31.9 Å². The second-order valence-corrected chi connectivity index (χ2v) is 6.91. The van der Waals surface area contributed by atoms with E-state index < -0.39 is 0 Å². The summed E-state index contributed by atoms with van der Waals surface area (Å²) in [4.78, 5) is 15.0. The molecule has 1 heterocycles. The average Bonchev–Trinajstić information content (AvgIpc) is 2.61. The van der Waals surface area contributed by atoms with Crippen molar-refractivity contribution >= 4 is 45.9 Å². The molecule has 0 aliphatic rings. The second kappa shape index (κ2) is 9.53. The highest BCUT2D eigenvalue weighted by molar-refractivity contribution is 8.22. The number of aryl methyl sites for hydroxylation is 1. The number of nitrogens with two attached hydrogens (primary N) is 1. The number of aromatic nitrogens is 3. The molecule has 0 unspecified atom stereocenters. The minimum absolute atomic E-state index is 0.204. The first-order valence-corrected chi connectivity index (χ1v) is 9.73. The van der Waals surface area contributed by atoms with Crippen LogP contribution in [-0.4, -0.2) is 37.3 Å². The molecule has 0 spiro atoms. The van der Waals surface area contributed by atoms with Crippen LogP contribution in [0.2, 0.25) is 0 Å². The summed E-state index contributed by atoms with van der Waals surface area (Å²) in [5.74, 6) is 1.84. The fourth-order valence-electron chi connectivity index (χ4n) is 2.33. The molecule has 0 aliphatic carbocycles. The highest BCUT2D eigenvalue weighted by Crippen LogP contribution is 2.20. The molecule has 1 aromatic heterocycles. The van der Waals surface area contributed by atoms with Gasteiger partial charge in [0.05, 0.1) is 5.75 Å². The Labute approximate surface area is 158 Å². The van der Waals surface area contributed by atoms with E-state index in [9.17, 15) is 0 Å². The number of para-hydroxylation sites is 1. The maximum absolute atomic E-state index is 5.85. The summed E-state index contributed by atoms with van der Waals surface area (Å²) in [7, 11) is 0. The number of nitrogens with zero attached hydrogens (tertiary/aromatic N) is 4. The van der Waals surface area contributed by atoms with Gasteiger partial charge in [-0.3, -0.25) is 0 Å². The zero-order valence-corrected chi connectivity index (χ0v) is 16.5. The van der Waals surface area contributed by atoms with E-state index in [1.165, 1.54) is 17.3 Å². The van der Waals surface area contributed by atoms with Crippen molar-refractivity contribution in [2.45, 2.75) is 32.9 Å². The molecule has 1 aromatic carbocycles. The van der Waals surface area contributed by atoms with Crippen molar-refractivity contribution in [3.05, 3.63) is 35.7 Å². The van der Waals surface area contributed by atoms with Crippen LogP contribution in [0.4, 0.5) is 17.6 Å². The number of nitrogen functional groups attached to an aromatic ring is 1. The minimum Gasteiger partial charge on any atom is -0.368 e. The lowest BCUT2D eigenvalue weighted by Crippen LogP contribution is -2.26. The van der Waals surface area contributed by atoms with E-state index in [1.807, 2.05) is 18.2 Å². The Hall–Kier alpha value is -1.93. The van der Waals surface area contributed by atoms with Crippen LogP contribution in [-0.2, 0) is 12.2 Å². The van der Waals surface area contributed by atoms with Gasteiger partial charge in [-0.1, -0.05) is 49.1 Å². The molecule has 0 saturated heterocycles. The zero-order valence-electron chi connectivity index (χ0n) is 14.8. The predicted octanol–water partition coefficient (Wildman–Crippen LogP) is 3.62. The van der Waals surface area contributed by atoms with Crippen molar-refractivity contribution in [3.63, 3.8) is 0 Å². The molecule has 0 fully saturated rings. The third kappa shape index (κ3) is 5.54. The maximum atomic E-state index is 5.85. The molecule has 8 heteroatoms. The van der Waals surface area contributed by atoms with E-state index in [0.29, 0.717) is 17.5 Å². The molecular formula is C17H24N6S2. The Morgan fingerprint density at radius 1 is 1.16 bits per heavy atom. The Morgan fingerprint density at radius 3 is 2.56 bits per heavy atom. The SMILES string of the molecule is CCc1ccccc1Nc1nc(N)nc(CSC(=S)N(CC)CC)n1. The van der Waals surface area contributed by atoms with Crippen molar-refractivity contribution in [3.8, 4) is 0 Å². The number of benzene rings is 1. The Morgan fingerprint density at radius 2 is 1.88 bits per heavy atom. The highest BCUT2D eigenvalue weighted by Gasteiger charge is 2.10. The average molecular weight is 377 g/mol. The molecule has 3 N–H and O–H groups in total. The van der Waals surface area contributed by atoms with E-state index in [0.717, 1.165) is 29.5 Å². The lowest BCUT2D eigenvalue weighted by atomic mass is 10.1. The molecule has 0 bridgehead atoms. The number of thiocarbonyl (C=S) groups is 1. The summed E-state index contributed by atoms with van der Waals surface area (Å²) < 4.78 is 0.842. The lowest BCUT2D eigenvalue weighted by molar-refractivity contribution is 0.482. The number of rotatable bonds is 7. The van der Waals surface area contributed by atoms with Crippen LogP contribution in [0.15, 0.2) is 24.3 Å². The molecule has 0 saturated carbocycles. The van der Waals surface area contributed by atoms with E-state index in [4.69, 9.17) is 18.0 Å². The summed E-state index contributed by atoms with van der Waals surface area (Å²) in [5.41, 5.74) is 8.02. The van der Waals surface area contributed by atoms with Crippen LogP contribution in [0, 0.1) is 0 Å². The van der Waals surface area contributed by atoms with Gasteiger partial charge < -0.3 is 16.0 Å². The van der Waals surface area contributed by atoms with E-state index >= 15 is 0 Å². The number of nitrogens with one attached hydrogen (secondary N) is 1. The fraction of sp³-hybridized carbons (Fsp3) is 0.412. The Balaban J connectivity index is 2.11. The molecule has 0 aliphatic heterocycles. The third-order valence-electron chi connectivity index (χ3n) is 3.69. The van der Waals surface area contributed by atoms with Crippen molar-refractivity contribution in [2.75, 3.05) is 24.1 Å². The Kier molecular flexibility index (Phi) is 7.39. The summed E-state index contributed by atoms with van der Waals surface area (Å²) in [6, 6.07) is 8.07. The van der Waals surface area contributed by atoms with Crippen LogP contribution >= 0.6 is 24.0 Å². The number of hydrogen-bond donors (Lipinski definition) is 2. The Bertz CT molecular complexity index is 718. The topological polar surface area (TPSA) is 80.0 Å². The minimum atomic E-state index is 0.204. The predicted molar refractivity (Wildman–Crippen MR) is 110 cm³/mol. The molecule has 6 nitrogen and oxygen atoms in total. The van der Waals surface area contributed by atoms with Crippen molar-refractivity contribution in [1.29, 1.82) is 0 Å². The second-order valence-electron chi connectivity index (χ2n) is 5.30. The molecule has 2 rings (SSSR count).